The second-order valence-electron chi connectivity index (χ2n) is 6.05. The summed E-state index contributed by atoms with van der Waals surface area (Å²) in [6.07, 6.45) is 8.94. The van der Waals surface area contributed by atoms with Crippen molar-refractivity contribution in [2.45, 2.75) is 66.2 Å². The molecule has 0 N–H and O–H groups in total. The van der Waals surface area contributed by atoms with Gasteiger partial charge in [0, 0.05) is 0 Å². The van der Waals surface area contributed by atoms with Gasteiger partial charge in [-0.3, -0.25) is 0 Å². The zero-order valence-corrected chi connectivity index (χ0v) is 10.6. The van der Waals surface area contributed by atoms with Crippen molar-refractivity contribution in [3.8, 4) is 0 Å². The van der Waals surface area contributed by atoms with Gasteiger partial charge in [-0.2, -0.15) is 0 Å². The molecule has 1 aliphatic carbocycles. The predicted octanol–water partition coefficient (Wildman–Crippen LogP) is 4.89. The minimum atomic E-state index is 0.893. The Morgan fingerprint density at radius 1 is 0.929 bits per heavy atom. The van der Waals surface area contributed by atoms with Gasteiger partial charge in [0.05, 0.1) is 0 Å². The van der Waals surface area contributed by atoms with Gasteiger partial charge in [0.15, 0.2) is 0 Å². The van der Waals surface area contributed by atoms with Crippen LogP contribution in [0.3, 0.4) is 0 Å². The molecule has 1 fully saturated rings. The summed E-state index contributed by atoms with van der Waals surface area (Å²) in [6.45, 7) is 9.46. The van der Waals surface area contributed by atoms with Crippen molar-refractivity contribution in [1.82, 2.24) is 0 Å². The van der Waals surface area contributed by atoms with Crippen molar-refractivity contribution < 1.29 is 0 Å². The van der Waals surface area contributed by atoms with Crippen LogP contribution in [-0.4, -0.2) is 0 Å². The quantitative estimate of drug-likeness (QED) is 0.567. The first-order chi connectivity index (χ1) is 6.59. The molecule has 0 bridgehead atoms. The lowest BCUT2D eigenvalue weighted by Crippen LogP contribution is -2.23. The molecule has 1 atom stereocenters. The molecule has 0 aromatic heterocycles. The first kappa shape index (κ1) is 12.1. The molecule has 0 saturated heterocycles. The van der Waals surface area contributed by atoms with Gasteiger partial charge < -0.3 is 0 Å². The van der Waals surface area contributed by atoms with Gasteiger partial charge in [-0.25, -0.2) is 0 Å². The van der Waals surface area contributed by atoms with Gasteiger partial charge in [-0.1, -0.05) is 53.4 Å². The van der Waals surface area contributed by atoms with Crippen LogP contribution in [0.5, 0.6) is 0 Å². The van der Waals surface area contributed by atoms with E-state index < -0.39 is 0 Å². The first-order valence-corrected chi connectivity index (χ1v) is 6.59. The van der Waals surface area contributed by atoms with E-state index in [1.165, 1.54) is 38.5 Å². The van der Waals surface area contributed by atoms with Crippen molar-refractivity contribution in [2.75, 3.05) is 0 Å². The molecule has 84 valence electrons. The van der Waals surface area contributed by atoms with E-state index in [9.17, 15) is 0 Å². The van der Waals surface area contributed by atoms with Crippen LogP contribution in [0.2, 0.25) is 0 Å². The van der Waals surface area contributed by atoms with E-state index in [0.717, 1.165) is 23.7 Å². The molecule has 14 heavy (non-hydrogen) atoms. The maximum atomic E-state index is 2.38. The lowest BCUT2D eigenvalue weighted by Gasteiger charge is -2.35. The Bertz CT molecular complexity index is 142. The van der Waals surface area contributed by atoms with Crippen LogP contribution in [0.15, 0.2) is 0 Å². The van der Waals surface area contributed by atoms with Gasteiger partial charge in [0.2, 0.25) is 0 Å². The fourth-order valence-electron chi connectivity index (χ4n) is 2.61. The van der Waals surface area contributed by atoms with E-state index in [2.05, 4.69) is 27.7 Å². The molecule has 0 aliphatic heterocycles. The highest BCUT2D eigenvalue weighted by Crippen LogP contribution is 2.39. The topological polar surface area (TPSA) is 0 Å². The van der Waals surface area contributed by atoms with Crippen LogP contribution in [0.1, 0.15) is 66.2 Å². The van der Waals surface area contributed by atoms with Crippen LogP contribution in [0.25, 0.3) is 0 Å². The number of hydrogen-bond acceptors (Lipinski definition) is 0. The third kappa shape index (κ3) is 4.02. The molecule has 0 nitrogen and oxygen atoms in total. The summed E-state index contributed by atoms with van der Waals surface area (Å²) in [5.41, 5.74) is 0. The molecular weight excluding hydrogens is 168 g/mol. The summed E-state index contributed by atoms with van der Waals surface area (Å²) in [5, 5.41) is 0. The van der Waals surface area contributed by atoms with Crippen molar-refractivity contribution >= 4 is 0 Å². The van der Waals surface area contributed by atoms with Crippen molar-refractivity contribution in [2.24, 2.45) is 23.7 Å². The molecule has 0 radical (unpaired) electrons. The van der Waals surface area contributed by atoms with Gasteiger partial charge in [0.25, 0.3) is 0 Å². The van der Waals surface area contributed by atoms with Crippen molar-refractivity contribution in [3.63, 3.8) is 0 Å². The highest BCUT2D eigenvalue weighted by Gasteiger charge is 2.27. The summed E-state index contributed by atoms with van der Waals surface area (Å²) >= 11 is 0. The number of rotatable bonds is 6. The van der Waals surface area contributed by atoms with E-state index in [1.54, 1.807) is 0 Å². The molecule has 0 heteroatoms. The Morgan fingerprint density at radius 3 is 1.93 bits per heavy atom. The third-order valence-corrected chi connectivity index (χ3v) is 3.71. The summed E-state index contributed by atoms with van der Waals surface area (Å²) in [4.78, 5) is 0. The SMILES string of the molecule is CC(C)CC[C@@H](CC(C)C)C1CCC1. The highest BCUT2D eigenvalue weighted by molar-refractivity contribution is 4.78. The number of hydrogen-bond donors (Lipinski definition) is 0. The standard InChI is InChI=1S/C14H28/c1-11(2)8-9-14(10-12(3)4)13-6-5-7-13/h11-14H,5-10H2,1-4H3/t14-/m0/s1. The third-order valence-electron chi connectivity index (χ3n) is 3.71. The molecule has 0 unspecified atom stereocenters. The average Bonchev–Trinajstić information content (AvgIpc) is 1.95. The first-order valence-electron chi connectivity index (χ1n) is 6.59. The molecule has 1 aliphatic rings. The van der Waals surface area contributed by atoms with E-state index >= 15 is 0 Å². The molecule has 0 spiro atoms. The normalized spacial score (nSPS) is 20.1. The Balaban J connectivity index is 2.28. The predicted molar refractivity (Wildman–Crippen MR) is 64.4 cm³/mol. The summed E-state index contributed by atoms with van der Waals surface area (Å²) in [6, 6.07) is 0. The monoisotopic (exact) mass is 196 g/mol. The van der Waals surface area contributed by atoms with E-state index in [4.69, 9.17) is 0 Å². The minimum absolute atomic E-state index is 0.893. The Kier molecular flexibility index (Phi) is 4.98. The summed E-state index contributed by atoms with van der Waals surface area (Å²) < 4.78 is 0. The Morgan fingerprint density at radius 2 is 1.57 bits per heavy atom. The molecule has 1 saturated carbocycles. The molecule has 0 heterocycles. The maximum Gasteiger partial charge on any atom is -0.0383 e. The van der Waals surface area contributed by atoms with E-state index in [1.807, 2.05) is 0 Å². The van der Waals surface area contributed by atoms with Gasteiger partial charge in [-0.15, -0.1) is 0 Å². The summed E-state index contributed by atoms with van der Waals surface area (Å²) in [7, 11) is 0. The largest absolute Gasteiger partial charge is 0.0628 e. The molecule has 0 aromatic rings. The van der Waals surface area contributed by atoms with Gasteiger partial charge in [0.1, 0.15) is 0 Å². The van der Waals surface area contributed by atoms with Crippen LogP contribution < -0.4 is 0 Å². The second kappa shape index (κ2) is 5.78. The molecular formula is C14H28. The molecule has 1 rings (SSSR count). The maximum absolute atomic E-state index is 2.38. The fourth-order valence-corrected chi connectivity index (χ4v) is 2.61. The Labute approximate surface area is 90.5 Å². The van der Waals surface area contributed by atoms with Crippen molar-refractivity contribution in [3.05, 3.63) is 0 Å². The van der Waals surface area contributed by atoms with Crippen LogP contribution in [0, 0.1) is 23.7 Å². The second-order valence-corrected chi connectivity index (χ2v) is 6.05. The van der Waals surface area contributed by atoms with Gasteiger partial charge in [-0.05, 0) is 36.5 Å². The minimum Gasteiger partial charge on any atom is -0.0628 e. The van der Waals surface area contributed by atoms with Crippen LogP contribution in [-0.2, 0) is 0 Å². The lowest BCUT2D eigenvalue weighted by atomic mass is 9.71. The zero-order valence-electron chi connectivity index (χ0n) is 10.6. The van der Waals surface area contributed by atoms with Gasteiger partial charge >= 0.3 is 0 Å². The molecule has 0 amide bonds. The van der Waals surface area contributed by atoms with E-state index in [0.29, 0.717) is 0 Å². The zero-order chi connectivity index (χ0) is 10.6. The van der Waals surface area contributed by atoms with Crippen LogP contribution in [0.4, 0.5) is 0 Å². The summed E-state index contributed by atoms with van der Waals surface area (Å²) in [5.74, 6) is 3.93. The average molecular weight is 196 g/mol. The Hall–Kier alpha value is 0. The van der Waals surface area contributed by atoms with E-state index in [-0.39, 0.29) is 0 Å². The molecule has 0 aromatic carbocycles. The van der Waals surface area contributed by atoms with Crippen molar-refractivity contribution in [1.29, 1.82) is 0 Å². The highest BCUT2D eigenvalue weighted by atomic mass is 14.3. The fraction of sp³-hybridized carbons (Fsp3) is 1.00. The lowest BCUT2D eigenvalue weighted by molar-refractivity contribution is 0.164. The van der Waals surface area contributed by atoms with Crippen LogP contribution >= 0.6 is 0 Å². The smallest absolute Gasteiger partial charge is 0.0383 e.